The highest BCUT2D eigenvalue weighted by molar-refractivity contribution is 6.00. The van der Waals surface area contributed by atoms with Gasteiger partial charge in [0.05, 0.1) is 27.9 Å². The van der Waals surface area contributed by atoms with Gasteiger partial charge in [-0.15, -0.1) is 5.11 Å². The van der Waals surface area contributed by atoms with Crippen molar-refractivity contribution in [3.63, 3.8) is 0 Å². The number of hydrogen-bond donors (Lipinski definition) is 0. The van der Waals surface area contributed by atoms with Gasteiger partial charge in [0.25, 0.3) is 0 Å². The molecule has 0 spiro atoms. The van der Waals surface area contributed by atoms with Gasteiger partial charge in [-0.3, -0.25) is 5.01 Å². The number of methoxy groups -OCH3 is 3. The van der Waals surface area contributed by atoms with Crippen LogP contribution in [-0.4, -0.2) is 49.4 Å². The molecule has 2 aromatic carbocycles. The van der Waals surface area contributed by atoms with Crippen LogP contribution >= 0.6 is 0 Å². The second-order valence-corrected chi connectivity index (χ2v) is 9.24. The number of fused-ring (bicyclic) bond motifs is 11. The topological polar surface area (TPSA) is 89.8 Å². The summed E-state index contributed by atoms with van der Waals surface area (Å²) in [6.45, 7) is 0.309. The van der Waals surface area contributed by atoms with Crippen molar-refractivity contribution in [3.05, 3.63) is 65.2 Å². The van der Waals surface area contributed by atoms with Crippen LogP contribution in [0.25, 0.3) is 0 Å². The third-order valence-corrected chi connectivity index (χ3v) is 8.30. The second-order valence-electron chi connectivity index (χ2n) is 9.24. The van der Waals surface area contributed by atoms with E-state index in [9.17, 15) is 9.59 Å². The highest BCUT2D eigenvalue weighted by Crippen LogP contribution is 2.77. The zero-order valence-electron chi connectivity index (χ0n) is 18.7. The Labute approximate surface area is 191 Å². The molecule has 1 heterocycles. The number of nitrogens with zero attached hydrogens (tertiary/aromatic N) is 3. The van der Waals surface area contributed by atoms with E-state index < -0.39 is 23.0 Å². The zero-order chi connectivity index (χ0) is 23.0. The molecule has 6 atom stereocenters. The summed E-state index contributed by atoms with van der Waals surface area (Å²) in [6.07, 6.45) is 0.887. The zero-order valence-corrected chi connectivity index (χ0v) is 18.7. The van der Waals surface area contributed by atoms with Gasteiger partial charge in [-0.1, -0.05) is 41.6 Å². The Balaban J connectivity index is 1.49. The normalized spacial score (nSPS) is 34.2. The Bertz CT molecular complexity index is 1180. The molecule has 33 heavy (non-hydrogen) atoms. The van der Waals surface area contributed by atoms with Gasteiger partial charge in [0.2, 0.25) is 5.54 Å². The van der Waals surface area contributed by atoms with Crippen molar-refractivity contribution < 1.29 is 23.8 Å². The molecule has 2 fully saturated rings. The summed E-state index contributed by atoms with van der Waals surface area (Å²) in [7, 11) is 4.31. The van der Waals surface area contributed by atoms with Crippen LogP contribution in [0.15, 0.2) is 58.9 Å². The molecule has 2 bridgehead atoms. The lowest BCUT2D eigenvalue weighted by Crippen LogP contribution is -2.84. The minimum atomic E-state index is -1.42. The maximum absolute atomic E-state index is 13.6. The quantitative estimate of drug-likeness (QED) is 0.516. The Morgan fingerprint density at radius 1 is 0.939 bits per heavy atom. The number of carbonyl (C=O) groups is 2. The van der Waals surface area contributed by atoms with Gasteiger partial charge >= 0.3 is 11.9 Å². The number of carbonyl (C=O) groups excluding carboxylic acids is 2. The minimum Gasteiger partial charge on any atom is -0.497 e. The molecule has 6 rings (SSSR count). The SMILES string of the molecule is COC(=O)[C@@]12[C@@H]3[C@@H]([C@H]4C[C@@H]3c3ccccc34)[C@]1(C(=O)OC)N=NN2Cc1ccc(OC)cc1. The van der Waals surface area contributed by atoms with Crippen LogP contribution in [0.1, 0.15) is 34.9 Å². The molecular weight excluding hydrogens is 422 g/mol. The van der Waals surface area contributed by atoms with E-state index in [0.29, 0.717) is 6.54 Å². The molecule has 3 aliphatic carbocycles. The average Bonchev–Trinajstić information content (AvgIpc) is 3.47. The fraction of sp³-hybridized carbons (Fsp3) is 0.440. The number of hydrogen-bond acceptors (Lipinski definition) is 8. The van der Waals surface area contributed by atoms with Gasteiger partial charge in [0, 0.05) is 11.8 Å². The van der Waals surface area contributed by atoms with Crippen LogP contribution in [-0.2, 0) is 25.6 Å². The molecule has 1 aliphatic heterocycles. The molecule has 2 aromatic rings. The highest BCUT2D eigenvalue weighted by Gasteiger charge is 2.90. The largest absolute Gasteiger partial charge is 0.497 e. The molecule has 170 valence electrons. The van der Waals surface area contributed by atoms with Gasteiger partial charge in [-0.2, -0.15) is 0 Å². The van der Waals surface area contributed by atoms with Crippen molar-refractivity contribution in [2.24, 2.45) is 22.2 Å². The van der Waals surface area contributed by atoms with E-state index in [1.807, 2.05) is 36.4 Å². The Morgan fingerprint density at radius 2 is 1.58 bits per heavy atom. The van der Waals surface area contributed by atoms with Gasteiger partial charge in [0.15, 0.2) is 5.54 Å². The lowest BCUT2D eigenvalue weighted by Gasteiger charge is -2.62. The molecular formula is C25H25N3O5. The first-order chi connectivity index (χ1) is 16.0. The first-order valence-corrected chi connectivity index (χ1v) is 11.1. The first kappa shape index (κ1) is 20.2. The summed E-state index contributed by atoms with van der Waals surface area (Å²) in [4.78, 5) is 27.1. The van der Waals surface area contributed by atoms with Crippen molar-refractivity contribution in [1.82, 2.24) is 5.01 Å². The van der Waals surface area contributed by atoms with Crippen LogP contribution in [0, 0.1) is 11.8 Å². The van der Waals surface area contributed by atoms with Crippen molar-refractivity contribution in [3.8, 4) is 5.75 Å². The fourth-order valence-corrected chi connectivity index (χ4v) is 7.22. The molecule has 0 aromatic heterocycles. The maximum Gasteiger partial charge on any atom is 0.339 e. The monoisotopic (exact) mass is 447 g/mol. The summed E-state index contributed by atoms with van der Waals surface area (Å²) in [5, 5.41) is 10.7. The van der Waals surface area contributed by atoms with Crippen LogP contribution in [0.2, 0.25) is 0 Å². The highest BCUT2D eigenvalue weighted by atomic mass is 16.5. The summed E-state index contributed by atoms with van der Waals surface area (Å²) in [5.41, 5.74) is 0.660. The van der Waals surface area contributed by atoms with Gasteiger partial charge < -0.3 is 14.2 Å². The van der Waals surface area contributed by atoms with Gasteiger partial charge in [-0.05, 0) is 47.1 Å². The smallest absolute Gasteiger partial charge is 0.339 e. The van der Waals surface area contributed by atoms with E-state index in [2.05, 4.69) is 22.5 Å². The molecule has 0 amide bonds. The third kappa shape index (κ3) is 2.16. The number of benzene rings is 2. The number of ether oxygens (including phenoxy) is 3. The van der Waals surface area contributed by atoms with Crippen LogP contribution in [0.3, 0.4) is 0 Å². The number of rotatable bonds is 5. The van der Waals surface area contributed by atoms with Crippen LogP contribution in [0.5, 0.6) is 5.75 Å². The minimum absolute atomic E-state index is 0.132. The predicted molar refractivity (Wildman–Crippen MR) is 116 cm³/mol. The van der Waals surface area contributed by atoms with E-state index in [1.165, 1.54) is 25.3 Å². The molecule has 2 saturated carbocycles. The lowest BCUT2D eigenvalue weighted by atomic mass is 9.42. The molecule has 0 unspecified atom stereocenters. The summed E-state index contributed by atoms with van der Waals surface area (Å²) < 4.78 is 15.9. The Kier molecular flexibility index (Phi) is 4.16. The lowest BCUT2D eigenvalue weighted by molar-refractivity contribution is -0.206. The third-order valence-electron chi connectivity index (χ3n) is 8.30. The van der Waals surface area contributed by atoms with E-state index in [4.69, 9.17) is 14.2 Å². The van der Waals surface area contributed by atoms with Crippen molar-refractivity contribution in [1.29, 1.82) is 0 Å². The van der Waals surface area contributed by atoms with Crippen molar-refractivity contribution in [2.75, 3.05) is 21.3 Å². The predicted octanol–water partition coefficient (Wildman–Crippen LogP) is 3.23. The van der Waals surface area contributed by atoms with Gasteiger partial charge in [-0.25, -0.2) is 9.59 Å². The fourth-order valence-electron chi connectivity index (χ4n) is 7.22. The van der Waals surface area contributed by atoms with E-state index in [-0.39, 0.29) is 23.7 Å². The first-order valence-electron chi connectivity index (χ1n) is 11.1. The summed E-state index contributed by atoms with van der Waals surface area (Å²) >= 11 is 0. The van der Waals surface area contributed by atoms with Gasteiger partial charge in [0.1, 0.15) is 5.75 Å². The maximum atomic E-state index is 13.6. The molecule has 0 saturated heterocycles. The standard InChI is InChI=1S/C25H25N3O5/c1-31-15-10-8-14(9-11-15)13-28-25(23(30)33-3)21-19-12-18(16-6-4-5-7-17(16)19)20(21)24(25,26-27-28)22(29)32-2/h4-11,18-21H,12-13H2,1-3H3/t18-,19+,20+,21-,24+,25-/m0/s1. The number of esters is 2. The summed E-state index contributed by atoms with van der Waals surface area (Å²) in [5.74, 6) is -0.312. The van der Waals surface area contributed by atoms with E-state index in [0.717, 1.165) is 17.7 Å². The average molecular weight is 447 g/mol. The molecule has 0 radical (unpaired) electrons. The molecule has 8 nitrogen and oxygen atoms in total. The van der Waals surface area contributed by atoms with E-state index in [1.54, 1.807) is 12.1 Å². The summed E-state index contributed by atoms with van der Waals surface area (Å²) in [6, 6.07) is 15.9. The van der Waals surface area contributed by atoms with Crippen molar-refractivity contribution >= 4 is 11.9 Å². The molecule has 4 aliphatic rings. The molecule has 8 heteroatoms. The second kappa shape index (κ2) is 6.79. The van der Waals surface area contributed by atoms with Crippen LogP contribution in [0.4, 0.5) is 0 Å². The molecule has 0 N–H and O–H groups in total. The Morgan fingerprint density at radius 3 is 2.18 bits per heavy atom. The van der Waals surface area contributed by atoms with Crippen LogP contribution < -0.4 is 4.74 Å². The van der Waals surface area contributed by atoms with Crippen molar-refractivity contribution in [2.45, 2.75) is 35.9 Å². The Hall–Kier alpha value is -3.42. The van der Waals surface area contributed by atoms with E-state index >= 15 is 0 Å².